The van der Waals surface area contributed by atoms with E-state index in [4.69, 9.17) is 4.99 Å². The number of nitro benzene ring substituents is 1. The van der Waals surface area contributed by atoms with Gasteiger partial charge in [0, 0.05) is 21.8 Å². The molecule has 4 aromatic rings. The summed E-state index contributed by atoms with van der Waals surface area (Å²) in [6.07, 6.45) is 1.83. The van der Waals surface area contributed by atoms with Crippen LogP contribution in [0.15, 0.2) is 102 Å². The predicted octanol–water partition coefficient (Wildman–Crippen LogP) is 6.15. The van der Waals surface area contributed by atoms with Crippen molar-refractivity contribution in [3.8, 4) is 0 Å². The van der Waals surface area contributed by atoms with Crippen molar-refractivity contribution in [2.75, 3.05) is 4.90 Å². The molecule has 0 saturated carbocycles. The number of hydrogen-bond donors (Lipinski definition) is 0. The van der Waals surface area contributed by atoms with Crippen LogP contribution in [0, 0.1) is 25.5 Å². The molecule has 1 saturated heterocycles. The number of hydrogen-bond acceptors (Lipinski definition) is 5. The number of benzene rings is 4. The fraction of sp³-hybridized carbons (Fsp3) is 0.129. The van der Waals surface area contributed by atoms with Gasteiger partial charge >= 0.3 is 0 Å². The van der Waals surface area contributed by atoms with Crippen LogP contribution >= 0.6 is 22.6 Å². The molecule has 1 fully saturated rings. The van der Waals surface area contributed by atoms with Crippen LogP contribution in [0.2, 0.25) is 0 Å². The summed E-state index contributed by atoms with van der Waals surface area (Å²) >= 11 is 2.24. The lowest BCUT2D eigenvalue weighted by Crippen LogP contribution is -2.54. The van der Waals surface area contributed by atoms with Crippen molar-refractivity contribution in [3.63, 3.8) is 0 Å². The molecule has 0 aromatic heterocycles. The second-order valence-corrected chi connectivity index (χ2v) is 11.3. The van der Waals surface area contributed by atoms with E-state index in [-0.39, 0.29) is 17.3 Å². The Balaban J connectivity index is 1.50. The molecular weight excluding hydrogens is 605 g/mol. The van der Waals surface area contributed by atoms with Gasteiger partial charge in [0.25, 0.3) is 5.69 Å². The highest BCUT2D eigenvalue weighted by molar-refractivity contribution is 14.1. The smallest absolute Gasteiger partial charge is 0.274 e. The third-order valence-electron chi connectivity index (χ3n) is 8.25. The number of rotatable bonds is 4. The standard InChI is InChI=1S/C31H20IN3O4/c32-18-13-15-19(16-14-18)33-17-31-22-9-3-1-7-20(22)26(21-8-2-4-10-23(21)31)27-28(31)30(37)34(29(27)36)24-11-5-6-12-25(24)35(38)39/h1-17,26-28H/t26?,27-,28+,31?/m0/s1. The maximum atomic E-state index is 14.4. The fourth-order valence-electron chi connectivity index (χ4n) is 6.80. The van der Waals surface area contributed by atoms with Crippen LogP contribution in [0.25, 0.3) is 0 Å². The highest BCUT2D eigenvalue weighted by atomic mass is 127. The summed E-state index contributed by atoms with van der Waals surface area (Å²) in [5.41, 5.74) is 3.28. The Morgan fingerprint density at radius 3 is 2.05 bits per heavy atom. The SMILES string of the molecule is O=C1[C@H]2C3c4ccccc4C(C=Nc4ccc(I)cc4)(c4ccccc43)[C@H]2C(=O)N1c1ccccc1[N+](=O)[O-]. The first-order valence-corrected chi connectivity index (χ1v) is 13.6. The minimum Gasteiger partial charge on any atom is -0.274 e. The molecule has 2 atom stereocenters. The number of carbonyl (C=O) groups excluding carboxylic acids is 2. The Bertz CT molecular complexity index is 1680. The zero-order chi connectivity index (χ0) is 26.9. The van der Waals surface area contributed by atoms with E-state index in [1.807, 2.05) is 79.0 Å². The maximum Gasteiger partial charge on any atom is 0.293 e. The van der Waals surface area contributed by atoms with Gasteiger partial charge in [-0.05, 0) is 75.2 Å². The fourth-order valence-corrected chi connectivity index (χ4v) is 7.16. The largest absolute Gasteiger partial charge is 0.293 e. The van der Waals surface area contributed by atoms with E-state index in [9.17, 15) is 19.7 Å². The van der Waals surface area contributed by atoms with Crippen LogP contribution in [0.4, 0.5) is 17.1 Å². The number of imide groups is 1. The first kappa shape index (κ1) is 23.9. The van der Waals surface area contributed by atoms with Crippen molar-refractivity contribution in [2.45, 2.75) is 11.3 Å². The van der Waals surface area contributed by atoms with Gasteiger partial charge in [0.2, 0.25) is 11.8 Å². The molecule has 2 bridgehead atoms. The Morgan fingerprint density at radius 2 is 1.41 bits per heavy atom. The Labute approximate surface area is 237 Å². The van der Waals surface area contributed by atoms with Crippen molar-refractivity contribution < 1.29 is 14.5 Å². The van der Waals surface area contributed by atoms with E-state index in [0.29, 0.717) is 0 Å². The predicted molar refractivity (Wildman–Crippen MR) is 155 cm³/mol. The van der Waals surface area contributed by atoms with Gasteiger partial charge in [-0.2, -0.15) is 0 Å². The molecule has 190 valence electrons. The lowest BCUT2D eigenvalue weighted by atomic mass is 9.47. The van der Waals surface area contributed by atoms with E-state index < -0.39 is 34.0 Å². The molecule has 4 aromatic carbocycles. The van der Waals surface area contributed by atoms with Crippen LogP contribution in [0.1, 0.15) is 28.2 Å². The van der Waals surface area contributed by atoms with Gasteiger partial charge in [-0.1, -0.05) is 60.7 Å². The minimum absolute atomic E-state index is 0.00383. The van der Waals surface area contributed by atoms with Crippen molar-refractivity contribution in [3.05, 3.63) is 133 Å². The van der Waals surface area contributed by atoms with E-state index >= 15 is 0 Å². The number of amides is 2. The molecule has 0 spiro atoms. The molecule has 7 nitrogen and oxygen atoms in total. The van der Waals surface area contributed by atoms with Crippen molar-refractivity contribution in [1.82, 2.24) is 0 Å². The first-order chi connectivity index (χ1) is 18.9. The molecule has 1 aliphatic heterocycles. The van der Waals surface area contributed by atoms with Gasteiger partial charge in [0.05, 0.1) is 27.9 Å². The molecule has 8 rings (SSSR count). The second kappa shape index (κ2) is 8.67. The second-order valence-electron chi connectivity index (χ2n) is 10.0. The van der Waals surface area contributed by atoms with Crippen LogP contribution in [-0.4, -0.2) is 23.0 Å². The van der Waals surface area contributed by atoms with Gasteiger partial charge in [-0.25, -0.2) is 4.90 Å². The van der Waals surface area contributed by atoms with Crippen LogP contribution in [-0.2, 0) is 15.0 Å². The number of halogens is 1. The van der Waals surface area contributed by atoms with Crippen LogP contribution < -0.4 is 4.90 Å². The van der Waals surface area contributed by atoms with Crippen LogP contribution in [0.5, 0.6) is 0 Å². The topological polar surface area (TPSA) is 92.9 Å². The molecule has 4 aliphatic rings. The normalized spacial score (nSPS) is 24.5. The Kier molecular flexibility index (Phi) is 5.31. The minimum atomic E-state index is -1.03. The maximum absolute atomic E-state index is 14.4. The molecule has 1 heterocycles. The summed E-state index contributed by atoms with van der Waals surface area (Å²) in [4.78, 5) is 45.9. The van der Waals surface area contributed by atoms with E-state index in [2.05, 4.69) is 22.6 Å². The van der Waals surface area contributed by atoms with Crippen molar-refractivity contribution in [1.29, 1.82) is 0 Å². The quantitative estimate of drug-likeness (QED) is 0.0894. The number of carbonyl (C=O) groups is 2. The highest BCUT2D eigenvalue weighted by Gasteiger charge is 2.68. The lowest BCUT2D eigenvalue weighted by molar-refractivity contribution is -0.384. The van der Waals surface area contributed by atoms with Gasteiger partial charge < -0.3 is 0 Å². The summed E-state index contributed by atoms with van der Waals surface area (Å²) < 4.78 is 1.08. The number of para-hydroxylation sites is 2. The summed E-state index contributed by atoms with van der Waals surface area (Å²) in [6, 6.07) is 29.5. The van der Waals surface area contributed by atoms with E-state index in [1.165, 1.54) is 18.2 Å². The Hall–Kier alpha value is -4.18. The molecule has 0 N–H and O–H groups in total. The zero-order valence-electron chi connectivity index (χ0n) is 20.4. The molecule has 2 amide bonds. The summed E-state index contributed by atoms with van der Waals surface area (Å²) in [5.74, 6) is -2.72. The van der Waals surface area contributed by atoms with E-state index in [0.717, 1.165) is 36.4 Å². The lowest BCUT2D eigenvalue weighted by Gasteiger charge is -2.52. The summed E-state index contributed by atoms with van der Waals surface area (Å²) in [6.45, 7) is 0. The molecular formula is C31H20IN3O4. The van der Waals surface area contributed by atoms with Gasteiger partial charge in [-0.15, -0.1) is 0 Å². The van der Waals surface area contributed by atoms with Gasteiger partial charge in [0.15, 0.2) is 0 Å². The monoisotopic (exact) mass is 625 g/mol. The van der Waals surface area contributed by atoms with Crippen LogP contribution in [0.3, 0.4) is 0 Å². The number of nitro groups is 1. The average molecular weight is 625 g/mol. The third kappa shape index (κ3) is 3.24. The molecule has 0 radical (unpaired) electrons. The van der Waals surface area contributed by atoms with Crippen molar-refractivity contribution in [2.24, 2.45) is 16.8 Å². The number of nitrogens with zero attached hydrogens (tertiary/aromatic N) is 3. The molecule has 0 unspecified atom stereocenters. The van der Waals surface area contributed by atoms with Gasteiger partial charge in [0.1, 0.15) is 5.69 Å². The molecule has 39 heavy (non-hydrogen) atoms. The highest BCUT2D eigenvalue weighted by Crippen LogP contribution is 2.64. The Morgan fingerprint density at radius 1 is 0.821 bits per heavy atom. The molecule has 8 heteroatoms. The first-order valence-electron chi connectivity index (χ1n) is 12.5. The molecule has 3 aliphatic carbocycles. The van der Waals surface area contributed by atoms with Crippen molar-refractivity contribution >= 4 is 57.7 Å². The number of anilines is 1. The zero-order valence-corrected chi connectivity index (χ0v) is 22.6. The number of aliphatic imine (C=N–C) groups is 1. The summed E-state index contributed by atoms with van der Waals surface area (Å²) in [7, 11) is 0. The third-order valence-corrected chi connectivity index (χ3v) is 8.97. The van der Waals surface area contributed by atoms with Gasteiger partial charge in [-0.3, -0.25) is 24.7 Å². The summed E-state index contributed by atoms with van der Waals surface area (Å²) in [5, 5.41) is 11.9. The van der Waals surface area contributed by atoms with E-state index in [1.54, 1.807) is 6.07 Å². The average Bonchev–Trinajstić information content (AvgIpc) is 3.23.